The van der Waals surface area contributed by atoms with Crippen molar-refractivity contribution in [3.8, 4) is 0 Å². The summed E-state index contributed by atoms with van der Waals surface area (Å²) in [6.07, 6.45) is 2.00. The number of aryl methyl sites for hydroxylation is 1. The summed E-state index contributed by atoms with van der Waals surface area (Å²) in [5.74, 6) is 1.17. The maximum Gasteiger partial charge on any atom is 0.244 e. The second kappa shape index (κ2) is 4.87. The van der Waals surface area contributed by atoms with Gasteiger partial charge in [-0.3, -0.25) is 4.90 Å². The minimum Gasteiger partial charge on any atom is -0.392 e. The number of aliphatic hydroxyl groups excluding tert-OH is 1. The molecule has 3 rings (SSSR count). The summed E-state index contributed by atoms with van der Waals surface area (Å²) in [6, 6.07) is -0.0421. The molecule has 0 saturated carbocycles. The van der Waals surface area contributed by atoms with Crippen LogP contribution in [0.5, 0.6) is 0 Å². The van der Waals surface area contributed by atoms with Gasteiger partial charge in [-0.05, 0) is 13.3 Å². The lowest BCUT2D eigenvalue weighted by Crippen LogP contribution is -2.24. The lowest BCUT2D eigenvalue weighted by molar-refractivity contribution is 0.170. The summed E-state index contributed by atoms with van der Waals surface area (Å²) >= 11 is 1.45. The predicted octanol–water partition coefficient (Wildman–Crippen LogP) is 0.725. The monoisotopic (exact) mass is 281 g/mol. The van der Waals surface area contributed by atoms with Crippen molar-refractivity contribution in [2.45, 2.75) is 32.0 Å². The first-order chi connectivity index (χ1) is 9.11. The van der Waals surface area contributed by atoms with Gasteiger partial charge in [0.05, 0.1) is 12.1 Å². The molecule has 0 spiro atoms. The molecule has 0 aromatic carbocycles. The Bertz CT molecular complexity index is 569. The predicted molar refractivity (Wildman–Crippen MR) is 69.3 cm³/mol. The lowest BCUT2D eigenvalue weighted by Gasteiger charge is -2.19. The Morgan fingerprint density at radius 2 is 2.47 bits per heavy atom. The number of rotatable bonds is 3. The Hall–Kier alpha value is -1.51. The van der Waals surface area contributed by atoms with E-state index in [1.54, 1.807) is 13.1 Å². The Balaban J connectivity index is 1.78. The van der Waals surface area contributed by atoms with Crippen molar-refractivity contribution >= 4 is 16.5 Å². The van der Waals surface area contributed by atoms with E-state index in [4.69, 9.17) is 10.3 Å². The number of hydrogen-bond donors (Lipinski definition) is 2. The van der Waals surface area contributed by atoms with Crippen LogP contribution in [0.1, 0.15) is 29.1 Å². The summed E-state index contributed by atoms with van der Waals surface area (Å²) in [5, 5.41) is 14.2. The molecule has 0 aliphatic carbocycles. The van der Waals surface area contributed by atoms with Gasteiger partial charge in [0, 0.05) is 24.2 Å². The van der Waals surface area contributed by atoms with Crippen molar-refractivity contribution in [3.63, 3.8) is 0 Å². The molecule has 0 bridgehead atoms. The molecule has 1 saturated heterocycles. The van der Waals surface area contributed by atoms with Gasteiger partial charge in [0.25, 0.3) is 0 Å². The van der Waals surface area contributed by atoms with Crippen LogP contribution in [0.3, 0.4) is 0 Å². The zero-order chi connectivity index (χ0) is 13.4. The lowest BCUT2D eigenvalue weighted by atomic mass is 10.2. The Morgan fingerprint density at radius 3 is 3.11 bits per heavy atom. The fourth-order valence-corrected chi connectivity index (χ4v) is 3.07. The topological polar surface area (TPSA) is 101 Å². The summed E-state index contributed by atoms with van der Waals surface area (Å²) in [6.45, 7) is 3.05. The standard InChI is InChI=1S/C11H15N5O2S/c1-6-14-10(18-15-6)9-2-7(17)4-16(9)5-8-3-13-11(12)19-8/h3,7,9,17H,2,4-5H2,1H3,(H2,12,13)/t7-,9+/m0/s1. The van der Waals surface area contributed by atoms with E-state index in [1.165, 1.54) is 11.3 Å². The van der Waals surface area contributed by atoms with Crippen molar-refractivity contribution in [1.82, 2.24) is 20.0 Å². The summed E-state index contributed by atoms with van der Waals surface area (Å²) < 4.78 is 5.22. The molecule has 0 radical (unpaired) electrons. The first-order valence-electron chi connectivity index (χ1n) is 6.04. The normalized spacial score (nSPS) is 24.1. The van der Waals surface area contributed by atoms with E-state index in [1.807, 2.05) is 0 Å². The number of nitrogens with zero attached hydrogens (tertiary/aromatic N) is 4. The first-order valence-corrected chi connectivity index (χ1v) is 6.86. The van der Waals surface area contributed by atoms with Gasteiger partial charge in [0.15, 0.2) is 11.0 Å². The molecule has 19 heavy (non-hydrogen) atoms. The highest BCUT2D eigenvalue weighted by Crippen LogP contribution is 2.33. The first kappa shape index (κ1) is 12.5. The number of anilines is 1. The molecule has 102 valence electrons. The van der Waals surface area contributed by atoms with E-state index in [9.17, 15) is 5.11 Å². The molecular formula is C11H15N5O2S. The molecule has 3 heterocycles. The molecule has 2 aromatic rings. The second-order valence-electron chi connectivity index (χ2n) is 4.68. The average Bonchev–Trinajstić information content (AvgIpc) is 3.02. The molecule has 8 heteroatoms. The highest BCUT2D eigenvalue weighted by molar-refractivity contribution is 7.15. The van der Waals surface area contributed by atoms with Gasteiger partial charge >= 0.3 is 0 Å². The van der Waals surface area contributed by atoms with Crippen LogP contribution in [0.4, 0.5) is 5.13 Å². The molecule has 2 atom stereocenters. The van der Waals surface area contributed by atoms with Gasteiger partial charge in [-0.1, -0.05) is 5.16 Å². The van der Waals surface area contributed by atoms with Crippen LogP contribution in [-0.4, -0.2) is 37.8 Å². The molecule has 0 unspecified atom stereocenters. The van der Waals surface area contributed by atoms with Crippen LogP contribution in [0.25, 0.3) is 0 Å². The van der Waals surface area contributed by atoms with Crippen LogP contribution in [0, 0.1) is 6.92 Å². The van der Waals surface area contributed by atoms with Crippen LogP contribution in [-0.2, 0) is 6.54 Å². The Morgan fingerprint density at radius 1 is 1.63 bits per heavy atom. The fraction of sp³-hybridized carbons (Fsp3) is 0.545. The van der Waals surface area contributed by atoms with Crippen LogP contribution >= 0.6 is 11.3 Å². The van der Waals surface area contributed by atoms with Crippen molar-refractivity contribution in [2.75, 3.05) is 12.3 Å². The molecule has 7 nitrogen and oxygen atoms in total. The maximum atomic E-state index is 9.85. The van der Waals surface area contributed by atoms with Crippen molar-refractivity contribution in [1.29, 1.82) is 0 Å². The summed E-state index contributed by atoms with van der Waals surface area (Å²) in [5.41, 5.74) is 5.63. The van der Waals surface area contributed by atoms with E-state index in [0.29, 0.717) is 36.4 Å². The van der Waals surface area contributed by atoms with Crippen LogP contribution < -0.4 is 5.73 Å². The molecule has 0 amide bonds. The number of likely N-dealkylation sites (tertiary alicyclic amines) is 1. The zero-order valence-electron chi connectivity index (χ0n) is 10.5. The van der Waals surface area contributed by atoms with Gasteiger partial charge in [-0.2, -0.15) is 4.98 Å². The Kier molecular flexibility index (Phi) is 3.21. The van der Waals surface area contributed by atoms with E-state index in [0.717, 1.165) is 4.88 Å². The fourth-order valence-electron chi connectivity index (χ4n) is 2.36. The molecule has 1 aliphatic heterocycles. The number of β-amino-alcohol motifs (C(OH)–C–C–N with tert-alkyl or cyclic N) is 1. The van der Waals surface area contributed by atoms with Crippen molar-refractivity contribution < 1.29 is 9.63 Å². The van der Waals surface area contributed by atoms with E-state index < -0.39 is 0 Å². The zero-order valence-corrected chi connectivity index (χ0v) is 11.3. The third kappa shape index (κ3) is 2.60. The third-order valence-corrected chi connectivity index (χ3v) is 3.95. The molecule has 1 aliphatic rings. The molecule has 3 N–H and O–H groups in total. The SMILES string of the molecule is Cc1noc([C@H]2C[C@H](O)CN2Cc2cnc(N)s2)n1. The summed E-state index contributed by atoms with van der Waals surface area (Å²) in [7, 11) is 0. The highest BCUT2D eigenvalue weighted by Gasteiger charge is 2.35. The average molecular weight is 281 g/mol. The largest absolute Gasteiger partial charge is 0.392 e. The number of thiazole rings is 1. The van der Waals surface area contributed by atoms with Gasteiger partial charge in [-0.15, -0.1) is 11.3 Å². The van der Waals surface area contributed by atoms with Crippen molar-refractivity contribution in [2.24, 2.45) is 0 Å². The van der Waals surface area contributed by atoms with Crippen LogP contribution in [0.15, 0.2) is 10.7 Å². The van der Waals surface area contributed by atoms with Gasteiger partial charge in [0.2, 0.25) is 5.89 Å². The number of nitrogens with two attached hydrogens (primary N) is 1. The summed E-state index contributed by atoms with van der Waals surface area (Å²) in [4.78, 5) is 11.5. The van der Waals surface area contributed by atoms with E-state index in [-0.39, 0.29) is 12.1 Å². The molecule has 2 aromatic heterocycles. The molecule has 1 fully saturated rings. The second-order valence-corrected chi connectivity index (χ2v) is 5.83. The quantitative estimate of drug-likeness (QED) is 0.854. The van der Waals surface area contributed by atoms with Gasteiger partial charge < -0.3 is 15.4 Å². The minimum atomic E-state index is -0.373. The minimum absolute atomic E-state index is 0.0421. The highest BCUT2D eigenvalue weighted by atomic mass is 32.1. The van der Waals surface area contributed by atoms with E-state index >= 15 is 0 Å². The Labute approximate surface area is 114 Å². The number of nitrogen functional groups attached to an aromatic ring is 1. The number of hydrogen-bond acceptors (Lipinski definition) is 8. The van der Waals surface area contributed by atoms with Crippen molar-refractivity contribution in [3.05, 3.63) is 22.8 Å². The van der Waals surface area contributed by atoms with Crippen LogP contribution in [0.2, 0.25) is 0 Å². The van der Waals surface area contributed by atoms with Gasteiger partial charge in [-0.25, -0.2) is 4.98 Å². The number of aliphatic hydroxyl groups is 1. The number of aromatic nitrogens is 3. The van der Waals surface area contributed by atoms with E-state index in [2.05, 4.69) is 20.0 Å². The van der Waals surface area contributed by atoms with Gasteiger partial charge in [0.1, 0.15) is 0 Å². The maximum absolute atomic E-state index is 9.85. The third-order valence-electron chi connectivity index (χ3n) is 3.14. The molecular weight excluding hydrogens is 266 g/mol. The smallest absolute Gasteiger partial charge is 0.244 e.